The standard InChI is InChI=1S/C16H16N6O2S/c1-9-5-4-6-12(7-9)20-14-13(22(23)24)15(18-8-17-14)21-16-19-10(2)11(3)25-16/h4-8H,1-3H3,(H2,17,18,19,20,21). The zero-order valence-corrected chi connectivity index (χ0v) is 14.7. The number of hydrogen-bond donors (Lipinski definition) is 2. The number of rotatable bonds is 5. The molecule has 0 fully saturated rings. The molecule has 0 atom stereocenters. The van der Waals surface area contributed by atoms with Crippen molar-refractivity contribution in [1.29, 1.82) is 0 Å². The van der Waals surface area contributed by atoms with Gasteiger partial charge in [0.25, 0.3) is 0 Å². The summed E-state index contributed by atoms with van der Waals surface area (Å²) in [5, 5.41) is 18.1. The Balaban J connectivity index is 1.97. The second-order valence-electron chi connectivity index (χ2n) is 5.46. The summed E-state index contributed by atoms with van der Waals surface area (Å²) in [5.41, 5.74) is 2.40. The number of anilines is 4. The molecular formula is C16H16N6O2S. The third-order valence-corrected chi connectivity index (χ3v) is 4.53. The fourth-order valence-electron chi connectivity index (χ4n) is 2.22. The van der Waals surface area contributed by atoms with Gasteiger partial charge >= 0.3 is 5.69 Å². The minimum absolute atomic E-state index is 0.101. The average Bonchev–Trinajstić information content (AvgIpc) is 2.85. The van der Waals surface area contributed by atoms with Crippen LogP contribution in [0.2, 0.25) is 0 Å². The van der Waals surface area contributed by atoms with Gasteiger partial charge in [0, 0.05) is 10.6 Å². The van der Waals surface area contributed by atoms with E-state index in [1.165, 1.54) is 17.7 Å². The highest BCUT2D eigenvalue weighted by Crippen LogP contribution is 2.34. The van der Waals surface area contributed by atoms with Gasteiger partial charge in [0.2, 0.25) is 11.6 Å². The third-order valence-electron chi connectivity index (χ3n) is 3.54. The van der Waals surface area contributed by atoms with Gasteiger partial charge in [0.15, 0.2) is 5.13 Å². The molecule has 2 aromatic heterocycles. The lowest BCUT2D eigenvalue weighted by molar-refractivity contribution is -0.383. The van der Waals surface area contributed by atoms with E-state index in [0.29, 0.717) is 10.8 Å². The number of nitrogens with zero attached hydrogens (tertiary/aromatic N) is 4. The van der Waals surface area contributed by atoms with Crippen molar-refractivity contribution in [2.45, 2.75) is 20.8 Å². The summed E-state index contributed by atoms with van der Waals surface area (Å²) in [6, 6.07) is 7.51. The maximum Gasteiger partial charge on any atom is 0.353 e. The predicted octanol–water partition coefficient (Wildman–Crippen LogP) is 4.25. The third kappa shape index (κ3) is 3.72. The lowest BCUT2D eigenvalue weighted by Crippen LogP contribution is -2.05. The van der Waals surface area contributed by atoms with Crippen LogP contribution in [0.25, 0.3) is 0 Å². The number of nitrogens with one attached hydrogen (secondary N) is 2. The Bertz CT molecular complexity index is 921. The first-order valence-electron chi connectivity index (χ1n) is 7.48. The maximum absolute atomic E-state index is 11.6. The van der Waals surface area contributed by atoms with Crippen molar-refractivity contribution < 1.29 is 4.92 Å². The Hall–Kier alpha value is -3.07. The van der Waals surface area contributed by atoms with Gasteiger partial charge in [-0.3, -0.25) is 10.1 Å². The first kappa shape index (κ1) is 16.8. The van der Waals surface area contributed by atoms with Crippen LogP contribution in [0.3, 0.4) is 0 Å². The van der Waals surface area contributed by atoms with Gasteiger partial charge in [-0.1, -0.05) is 12.1 Å². The van der Waals surface area contributed by atoms with Crippen molar-refractivity contribution in [3.05, 3.63) is 56.8 Å². The van der Waals surface area contributed by atoms with Gasteiger partial charge in [-0.05, 0) is 38.5 Å². The van der Waals surface area contributed by atoms with Gasteiger partial charge in [-0.2, -0.15) is 0 Å². The van der Waals surface area contributed by atoms with E-state index in [-0.39, 0.29) is 17.3 Å². The van der Waals surface area contributed by atoms with Crippen molar-refractivity contribution in [3.8, 4) is 0 Å². The highest BCUT2D eigenvalue weighted by molar-refractivity contribution is 7.15. The summed E-state index contributed by atoms with van der Waals surface area (Å²) < 4.78 is 0. The molecular weight excluding hydrogens is 340 g/mol. The molecule has 0 unspecified atom stereocenters. The summed E-state index contributed by atoms with van der Waals surface area (Å²) >= 11 is 1.42. The molecule has 25 heavy (non-hydrogen) atoms. The van der Waals surface area contributed by atoms with Crippen LogP contribution < -0.4 is 10.6 Å². The molecule has 9 heteroatoms. The summed E-state index contributed by atoms with van der Waals surface area (Å²) in [7, 11) is 0. The van der Waals surface area contributed by atoms with Gasteiger partial charge in [0.1, 0.15) is 6.33 Å². The smallest absolute Gasteiger partial charge is 0.334 e. The SMILES string of the molecule is Cc1cccc(Nc2ncnc(Nc3nc(C)c(C)s3)c2[N+](=O)[O-])c1. The van der Waals surface area contributed by atoms with Crippen LogP contribution in [0.5, 0.6) is 0 Å². The number of thiazole rings is 1. The summed E-state index contributed by atoms with van der Waals surface area (Å²) in [6.07, 6.45) is 1.28. The van der Waals surface area contributed by atoms with E-state index in [1.54, 1.807) is 0 Å². The molecule has 0 aliphatic rings. The molecule has 0 aliphatic heterocycles. The monoisotopic (exact) mass is 356 g/mol. The summed E-state index contributed by atoms with van der Waals surface area (Å²) in [5.74, 6) is 0.224. The normalized spacial score (nSPS) is 10.5. The molecule has 1 aromatic carbocycles. The largest absolute Gasteiger partial charge is 0.353 e. The average molecular weight is 356 g/mol. The second kappa shape index (κ2) is 6.81. The molecule has 0 saturated carbocycles. The Morgan fingerprint density at radius 3 is 2.44 bits per heavy atom. The van der Waals surface area contributed by atoms with Crippen LogP contribution in [0.4, 0.5) is 28.1 Å². The minimum Gasteiger partial charge on any atom is -0.334 e. The number of aryl methyl sites for hydroxylation is 3. The molecule has 0 amide bonds. The Morgan fingerprint density at radius 1 is 1.12 bits per heavy atom. The zero-order valence-electron chi connectivity index (χ0n) is 13.9. The van der Waals surface area contributed by atoms with Gasteiger partial charge < -0.3 is 10.6 Å². The fourth-order valence-corrected chi connectivity index (χ4v) is 3.04. The van der Waals surface area contributed by atoms with Gasteiger partial charge in [-0.25, -0.2) is 15.0 Å². The van der Waals surface area contributed by atoms with Crippen molar-refractivity contribution in [2.24, 2.45) is 0 Å². The first-order valence-corrected chi connectivity index (χ1v) is 8.30. The molecule has 0 saturated heterocycles. The molecule has 3 aromatic rings. The number of hydrogen-bond acceptors (Lipinski definition) is 8. The van der Waals surface area contributed by atoms with Crippen molar-refractivity contribution in [2.75, 3.05) is 10.6 Å². The Morgan fingerprint density at radius 2 is 1.84 bits per heavy atom. The fraction of sp³-hybridized carbons (Fsp3) is 0.188. The van der Waals surface area contributed by atoms with Crippen molar-refractivity contribution >= 4 is 39.5 Å². The Labute approximate surface area is 148 Å². The van der Waals surface area contributed by atoms with E-state index in [4.69, 9.17) is 0 Å². The first-order chi connectivity index (χ1) is 11.9. The van der Waals surface area contributed by atoms with Crippen LogP contribution >= 0.6 is 11.3 Å². The lowest BCUT2D eigenvalue weighted by Gasteiger charge is -2.09. The van der Waals surface area contributed by atoms with Gasteiger partial charge in [0.05, 0.1) is 10.6 Å². The van der Waals surface area contributed by atoms with E-state index in [9.17, 15) is 10.1 Å². The topological polar surface area (TPSA) is 106 Å². The van der Waals surface area contributed by atoms with Crippen LogP contribution in [0.15, 0.2) is 30.6 Å². The van der Waals surface area contributed by atoms with Gasteiger partial charge in [-0.15, -0.1) is 11.3 Å². The summed E-state index contributed by atoms with van der Waals surface area (Å²) in [4.78, 5) is 24.5. The molecule has 2 heterocycles. The highest BCUT2D eigenvalue weighted by Gasteiger charge is 2.24. The van der Waals surface area contributed by atoms with Crippen LogP contribution in [-0.2, 0) is 0 Å². The molecule has 3 rings (SSSR count). The summed E-state index contributed by atoms with van der Waals surface area (Å²) in [6.45, 7) is 5.77. The molecule has 0 bridgehead atoms. The Kier molecular flexibility index (Phi) is 4.57. The van der Waals surface area contributed by atoms with E-state index in [1.807, 2.05) is 45.0 Å². The quantitative estimate of drug-likeness (QED) is 0.520. The molecule has 8 nitrogen and oxygen atoms in total. The van der Waals surface area contributed by atoms with Crippen LogP contribution in [0, 0.1) is 30.9 Å². The number of benzene rings is 1. The van der Waals surface area contributed by atoms with E-state index in [2.05, 4.69) is 25.6 Å². The molecule has 128 valence electrons. The zero-order chi connectivity index (χ0) is 18.0. The second-order valence-corrected chi connectivity index (χ2v) is 6.66. The van der Waals surface area contributed by atoms with Crippen LogP contribution in [-0.4, -0.2) is 19.9 Å². The van der Waals surface area contributed by atoms with E-state index < -0.39 is 4.92 Å². The number of aromatic nitrogens is 3. The number of nitro groups is 1. The van der Waals surface area contributed by atoms with Crippen LogP contribution in [0.1, 0.15) is 16.1 Å². The predicted molar refractivity (Wildman–Crippen MR) is 98.0 cm³/mol. The molecule has 0 spiro atoms. The van der Waals surface area contributed by atoms with E-state index >= 15 is 0 Å². The molecule has 2 N–H and O–H groups in total. The lowest BCUT2D eigenvalue weighted by atomic mass is 10.2. The molecule has 0 radical (unpaired) electrons. The van der Waals surface area contributed by atoms with Crippen molar-refractivity contribution in [1.82, 2.24) is 15.0 Å². The molecule has 0 aliphatic carbocycles. The van der Waals surface area contributed by atoms with Crippen molar-refractivity contribution in [3.63, 3.8) is 0 Å². The maximum atomic E-state index is 11.6. The van der Waals surface area contributed by atoms with E-state index in [0.717, 1.165) is 16.1 Å². The minimum atomic E-state index is -0.506. The highest BCUT2D eigenvalue weighted by atomic mass is 32.1.